The second-order valence-electron chi connectivity index (χ2n) is 7.36. The minimum atomic E-state index is -0.773. The average Bonchev–Trinajstić information content (AvgIpc) is 3.08. The molecule has 22 heavy (non-hydrogen) atoms. The largest absolute Gasteiger partial charge is 0.508 e. The van der Waals surface area contributed by atoms with Crippen molar-refractivity contribution < 1.29 is 19.7 Å². The van der Waals surface area contributed by atoms with Crippen molar-refractivity contribution in [1.82, 2.24) is 0 Å². The number of carboxylic acid groups (broad SMARTS) is 1. The van der Waals surface area contributed by atoms with E-state index in [0.29, 0.717) is 24.0 Å². The minimum absolute atomic E-state index is 0.137. The number of phenols is 1. The van der Waals surface area contributed by atoms with Crippen LogP contribution in [0.25, 0.3) is 0 Å². The summed E-state index contributed by atoms with van der Waals surface area (Å²) < 4.78 is 6.35. The van der Waals surface area contributed by atoms with E-state index in [-0.39, 0.29) is 6.42 Å². The molecule has 2 N–H and O–H groups in total. The van der Waals surface area contributed by atoms with Gasteiger partial charge in [-0.05, 0) is 68.9 Å². The molecular formula is C18H22O4. The van der Waals surface area contributed by atoms with E-state index in [2.05, 4.69) is 0 Å². The lowest BCUT2D eigenvalue weighted by Crippen LogP contribution is -2.37. The Morgan fingerprint density at radius 1 is 1.36 bits per heavy atom. The fourth-order valence-corrected chi connectivity index (χ4v) is 4.63. The molecule has 2 aliphatic carbocycles. The Balaban J connectivity index is 1.72. The van der Waals surface area contributed by atoms with Crippen LogP contribution in [-0.2, 0) is 11.2 Å². The van der Waals surface area contributed by atoms with Crippen molar-refractivity contribution in [2.75, 3.05) is 0 Å². The Morgan fingerprint density at radius 3 is 2.82 bits per heavy atom. The van der Waals surface area contributed by atoms with Gasteiger partial charge < -0.3 is 14.9 Å². The quantitative estimate of drug-likeness (QED) is 0.893. The van der Waals surface area contributed by atoms with Crippen molar-refractivity contribution in [2.24, 2.45) is 0 Å². The van der Waals surface area contributed by atoms with Gasteiger partial charge in [0.15, 0.2) is 0 Å². The molecular weight excluding hydrogens is 280 g/mol. The van der Waals surface area contributed by atoms with E-state index in [1.165, 1.54) is 18.4 Å². The Bertz CT molecular complexity index is 651. The first kappa shape index (κ1) is 13.9. The van der Waals surface area contributed by atoms with Crippen molar-refractivity contribution in [2.45, 2.75) is 69.3 Å². The molecule has 118 valence electrons. The Morgan fingerprint density at radius 2 is 2.09 bits per heavy atom. The van der Waals surface area contributed by atoms with Crippen molar-refractivity contribution in [3.05, 3.63) is 22.8 Å². The fourth-order valence-electron chi connectivity index (χ4n) is 4.63. The molecule has 0 aromatic heterocycles. The second kappa shape index (κ2) is 4.64. The number of benzene rings is 1. The summed E-state index contributed by atoms with van der Waals surface area (Å²) in [6, 6.07) is 1.88. The summed E-state index contributed by atoms with van der Waals surface area (Å²) >= 11 is 0. The molecule has 0 saturated heterocycles. The van der Waals surface area contributed by atoms with Gasteiger partial charge in [0.1, 0.15) is 17.1 Å². The molecule has 3 atom stereocenters. The van der Waals surface area contributed by atoms with E-state index in [9.17, 15) is 9.90 Å². The van der Waals surface area contributed by atoms with E-state index < -0.39 is 11.6 Å². The third-order valence-electron chi connectivity index (χ3n) is 5.80. The van der Waals surface area contributed by atoms with Crippen LogP contribution in [0, 0.1) is 0 Å². The van der Waals surface area contributed by atoms with Crippen molar-refractivity contribution in [3.63, 3.8) is 0 Å². The predicted octanol–water partition coefficient (Wildman–Crippen LogP) is 3.71. The standard InChI is InChI=1S/C18H22O4/c1-18(7-5-14(20)21)6-4-12-9-13(19)15-10-2-3-11(8-10)16(15)17(12)22-18/h9-11,19H,2-8H2,1H3,(H,20,21)/t10-,11+,18+/m1/s1. The summed E-state index contributed by atoms with van der Waals surface area (Å²) in [7, 11) is 0. The highest BCUT2D eigenvalue weighted by Crippen LogP contribution is 2.60. The van der Waals surface area contributed by atoms with E-state index in [4.69, 9.17) is 9.84 Å². The van der Waals surface area contributed by atoms with Crippen LogP contribution in [0.4, 0.5) is 0 Å². The maximum Gasteiger partial charge on any atom is 0.303 e. The van der Waals surface area contributed by atoms with Gasteiger partial charge >= 0.3 is 5.97 Å². The van der Waals surface area contributed by atoms with E-state index >= 15 is 0 Å². The van der Waals surface area contributed by atoms with Gasteiger partial charge in [-0.2, -0.15) is 0 Å². The van der Waals surface area contributed by atoms with E-state index in [0.717, 1.165) is 36.1 Å². The molecule has 0 spiro atoms. The molecule has 0 amide bonds. The van der Waals surface area contributed by atoms with Crippen molar-refractivity contribution >= 4 is 5.97 Å². The van der Waals surface area contributed by atoms with Crippen LogP contribution in [0.3, 0.4) is 0 Å². The van der Waals surface area contributed by atoms with Gasteiger partial charge in [0, 0.05) is 17.5 Å². The lowest BCUT2D eigenvalue weighted by Gasteiger charge is -2.38. The van der Waals surface area contributed by atoms with Gasteiger partial charge in [0.05, 0.1) is 0 Å². The van der Waals surface area contributed by atoms with Crippen LogP contribution < -0.4 is 4.74 Å². The molecule has 1 aromatic carbocycles. The molecule has 1 aromatic rings. The summed E-state index contributed by atoms with van der Waals surface area (Å²) in [5.41, 5.74) is 3.03. The lowest BCUT2D eigenvalue weighted by atomic mass is 9.83. The van der Waals surface area contributed by atoms with Gasteiger partial charge in [-0.25, -0.2) is 0 Å². The number of rotatable bonds is 3. The zero-order valence-electron chi connectivity index (χ0n) is 12.9. The molecule has 1 aliphatic heterocycles. The second-order valence-corrected chi connectivity index (χ2v) is 7.36. The Labute approximate surface area is 130 Å². The zero-order chi connectivity index (χ0) is 15.5. The molecule has 1 saturated carbocycles. The number of carbonyl (C=O) groups is 1. The summed E-state index contributed by atoms with van der Waals surface area (Å²) in [4.78, 5) is 10.9. The normalized spacial score (nSPS) is 31.5. The number of aromatic hydroxyl groups is 1. The molecule has 0 unspecified atom stereocenters. The predicted molar refractivity (Wildman–Crippen MR) is 81.7 cm³/mol. The number of aliphatic carboxylic acids is 1. The van der Waals surface area contributed by atoms with Crippen molar-refractivity contribution in [3.8, 4) is 11.5 Å². The third kappa shape index (κ3) is 2.00. The van der Waals surface area contributed by atoms with Crippen LogP contribution >= 0.6 is 0 Å². The Kier molecular flexibility index (Phi) is 2.94. The molecule has 3 aliphatic rings. The van der Waals surface area contributed by atoms with Crippen LogP contribution in [0.15, 0.2) is 6.07 Å². The van der Waals surface area contributed by atoms with Gasteiger partial charge in [-0.15, -0.1) is 0 Å². The summed E-state index contributed by atoms with van der Waals surface area (Å²) in [5, 5.41) is 19.3. The first-order valence-electron chi connectivity index (χ1n) is 8.26. The van der Waals surface area contributed by atoms with Gasteiger partial charge in [0.25, 0.3) is 0 Å². The number of phenolic OH excluding ortho intramolecular Hbond substituents is 1. The van der Waals surface area contributed by atoms with Crippen LogP contribution in [0.1, 0.15) is 74.0 Å². The molecule has 0 radical (unpaired) electrons. The van der Waals surface area contributed by atoms with Crippen LogP contribution in [-0.4, -0.2) is 21.8 Å². The monoisotopic (exact) mass is 302 g/mol. The number of carboxylic acids is 1. The molecule has 4 heteroatoms. The van der Waals surface area contributed by atoms with E-state index in [1.807, 2.05) is 13.0 Å². The van der Waals surface area contributed by atoms with E-state index in [1.54, 1.807) is 0 Å². The molecule has 2 bridgehead atoms. The topological polar surface area (TPSA) is 66.8 Å². The van der Waals surface area contributed by atoms with Gasteiger partial charge in [-0.3, -0.25) is 4.79 Å². The zero-order valence-corrected chi connectivity index (χ0v) is 12.9. The highest BCUT2D eigenvalue weighted by atomic mass is 16.5. The molecule has 4 rings (SSSR count). The lowest BCUT2D eigenvalue weighted by molar-refractivity contribution is -0.138. The summed E-state index contributed by atoms with van der Waals surface area (Å²) in [6.45, 7) is 2.02. The maximum absolute atomic E-state index is 10.9. The molecule has 1 fully saturated rings. The molecule has 4 nitrogen and oxygen atoms in total. The van der Waals surface area contributed by atoms with Gasteiger partial charge in [0.2, 0.25) is 0 Å². The average molecular weight is 302 g/mol. The highest BCUT2D eigenvalue weighted by Gasteiger charge is 2.44. The highest BCUT2D eigenvalue weighted by molar-refractivity contribution is 5.67. The number of aryl methyl sites for hydroxylation is 1. The van der Waals surface area contributed by atoms with Crippen LogP contribution in [0.2, 0.25) is 0 Å². The maximum atomic E-state index is 10.9. The third-order valence-corrected chi connectivity index (χ3v) is 5.80. The van der Waals surface area contributed by atoms with Crippen molar-refractivity contribution in [1.29, 1.82) is 0 Å². The number of ether oxygens (including phenoxy) is 1. The van der Waals surface area contributed by atoms with Crippen LogP contribution in [0.5, 0.6) is 11.5 Å². The summed E-state index contributed by atoms with van der Waals surface area (Å²) in [6.07, 6.45) is 5.81. The molecule has 1 heterocycles. The number of fused-ring (bicyclic) bond motifs is 7. The minimum Gasteiger partial charge on any atom is -0.508 e. The summed E-state index contributed by atoms with van der Waals surface area (Å²) in [5.74, 6) is 1.63. The fraction of sp³-hybridized carbons (Fsp3) is 0.611. The van der Waals surface area contributed by atoms with Gasteiger partial charge in [-0.1, -0.05) is 0 Å². The Hall–Kier alpha value is -1.71. The number of hydrogen-bond donors (Lipinski definition) is 2. The first-order valence-corrected chi connectivity index (χ1v) is 8.26. The first-order chi connectivity index (χ1) is 10.5. The number of hydrogen-bond acceptors (Lipinski definition) is 3. The SMILES string of the molecule is C[C@@]1(CCC(=O)O)CCc2cc(O)c3c(c2O1)[C@H]1CC[C@@H]3C1. The smallest absolute Gasteiger partial charge is 0.303 e.